The molecule has 22 heteroatoms. The van der Waals surface area contributed by atoms with Crippen LogP contribution in [0.15, 0.2) is 71.6 Å². The number of rotatable bonds is 16. The van der Waals surface area contributed by atoms with Gasteiger partial charge in [-0.3, -0.25) is 30.8 Å². The fraction of sp³-hybridized carbons (Fsp3) is 0.509. The van der Waals surface area contributed by atoms with E-state index < -0.39 is 91.9 Å². The van der Waals surface area contributed by atoms with E-state index in [1.807, 2.05) is 36.2 Å². The molecule has 7 aliphatic rings. The zero-order chi connectivity index (χ0) is 52.5. The molecule has 13 N–H and O–H groups in total. The summed E-state index contributed by atoms with van der Waals surface area (Å²) in [6, 6.07) is 12.9. The van der Waals surface area contributed by atoms with E-state index >= 15 is 9.59 Å². The van der Waals surface area contributed by atoms with Crippen molar-refractivity contribution in [3.8, 4) is 11.5 Å². The van der Waals surface area contributed by atoms with Gasteiger partial charge in [0.15, 0.2) is 23.1 Å². The smallest absolute Gasteiger partial charge is 0.242 e. The predicted octanol–water partition coefficient (Wildman–Crippen LogP) is -1.22. The van der Waals surface area contributed by atoms with E-state index in [9.17, 15) is 35.1 Å². The van der Waals surface area contributed by atoms with E-state index in [-0.39, 0.29) is 97.2 Å². The molecule has 0 saturated carbocycles. The first-order chi connectivity index (χ1) is 36.4. The molecule has 3 aromatic rings. The lowest BCUT2D eigenvalue weighted by Crippen LogP contribution is -2.70. The lowest BCUT2D eigenvalue weighted by Gasteiger charge is -2.42. The number of dihydropyridines is 1. The van der Waals surface area contributed by atoms with Crippen molar-refractivity contribution in [3.63, 3.8) is 0 Å². The van der Waals surface area contributed by atoms with Crippen LogP contribution in [0.5, 0.6) is 11.5 Å². The van der Waals surface area contributed by atoms with Gasteiger partial charge >= 0.3 is 0 Å². The minimum absolute atomic E-state index is 0.0173. The first-order valence-corrected chi connectivity index (χ1v) is 25.7. The largest absolute Gasteiger partial charge is 0.486 e. The normalized spacial score (nSPS) is 29.6. The highest BCUT2D eigenvalue weighted by atomic mass is 16.7. The summed E-state index contributed by atoms with van der Waals surface area (Å²) in [5, 5.41) is 75.2. The third-order valence-corrected chi connectivity index (χ3v) is 15.3. The molecule has 3 saturated heterocycles. The third kappa shape index (κ3) is 10.2. The van der Waals surface area contributed by atoms with Crippen LogP contribution >= 0.6 is 0 Å². The van der Waals surface area contributed by atoms with Crippen molar-refractivity contribution in [2.24, 2.45) is 11.7 Å². The number of aldehydes is 1. The number of para-hydroxylation sites is 1. The fourth-order valence-electron chi connectivity index (χ4n) is 11.6. The van der Waals surface area contributed by atoms with Crippen LogP contribution in [-0.4, -0.2) is 170 Å². The molecular formula is C53H66N8O14. The number of carbonyl (C=O) groups excluding carboxylic acids is 4. The Morgan fingerprint density at radius 2 is 1.84 bits per heavy atom. The number of nitrogens with two attached hydrogens (primary N) is 1. The number of amides is 1. The van der Waals surface area contributed by atoms with Crippen molar-refractivity contribution in [2.75, 3.05) is 64.7 Å². The molecule has 0 aromatic heterocycles. The Labute approximate surface area is 432 Å². The van der Waals surface area contributed by atoms with Crippen molar-refractivity contribution >= 4 is 29.4 Å². The second kappa shape index (κ2) is 22.8. The second-order valence-corrected chi connectivity index (χ2v) is 19.9. The monoisotopic (exact) mass is 1040 g/mol. The van der Waals surface area contributed by atoms with Crippen LogP contribution in [0.1, 0.15) is 86.6 Å². The number of anilines is 1. The molecule has 12 unspecified atom stereocenters. The van der Waals surface area contributed by atoms with Crippen LogP contribution in [0.4, 0.5) is 5.69 Å². The molecule has 6 heterocycles. The molecule has 12 atom stereocenters. The molecule has 6 aliphatic heterocycles. The summed E-state index contributed by atoms with van der Waals surface area (Å²) < 4.78 is 33.3. The number of carbonyl (C=O) groups is 4. The van der Waals surface area contributed by atoms with E-state index in [2.05, 4.69) is 38.0 Å². The topological polar surface area (TPSA) is 317 Å². The SMILES string of the molecule is CNC1CCNC2=C1C(CCOC1C3Oc4c(cc5c(c4OCC(O)CC=O)C(=O)c4cc(CO)ccc4C5=O)C(c4ccccc4N4CNC5C(=O)NC(N)NC54)C(CCCO)COCC(O3)C(O)C1O)=CCN2. The molecule has 1 amide bonds. The molecule has 2 bridgehead atoms. The van der Waals surface area contributed by atoms with Crippen molar-refractivity contribution in [1.82, 2.24) is 31.9 Å². The molecule has 3 fully saturated rings. The highest BCUT2D eigenvalue weighted by Gasteiger charge is 2.50. The van der Waals surface area contributed by atoms with Gasteiger partial charge < -0.3 is 80.2 Å². The molecular weight excluding hydrogens is 973 g/mol. The molecule has 10 rings (SSSR count). The minimum Gasteiger partial charge on any atom is -0.486 e. The Balaban J connectivity index is 1.16. The summed E-state index contributed by atoms with van der Waals surface area (Å²) in [4.78, 5) is 57.2. The van der Waals surface area contributed by atoms with E-state index in [4.69, 9.17) is 29.4 Å². The summed E-state index contributed by atoms with van der Waals surface area (Å²) in [5.74, 6) is -2.46. The summed E-state index contributed by atoms with van der Waals surface area (Å²) in [6.45, 7) is 0.162. The number of aliphatic hydroxyl groups excluding tert-OH is 5. The number of hydrogen-bond acceptors (Lipinski definition) is 21. The van der Waals surface area contributed by atoms with Crippen LogP contribution in [0.2, 0.25) is 0 Å². The number of likely N-dealkylation sites (N-methyl/N-ethyl adjacent to an activating group) is 1. The number of nitrogens with zero attached hydrogens (tertiary/aromatic N) is 1. The Kier molecular flexibility index (Phi) is 16.0. The van der Waals surface area contributed by atoms with Crippen LogP contribution in [0.25, 0.3) is 0 Å². The van der Waals surface area contributed by atoms with Gasteiger partial charge in [0.2, 0.25) is 12.2 Å². The first-order valence-electron chi connectivity index (χ1n) is 25.7. The number of nitrogens with one attached hydrogen (secondary N) is 6. The highest BCUT2D eigenvalue weighted by molar-refractivity contribution is 6.29. The standard InChI is InChI=1S/C53H66N8O14/c1-55-35-11-15-57-49-39(35)27(10-14-56-49)13-18-72-48-45(69)44(68)37-24-71-22-28(5-4-16-62)38(31-6-2-3-7-36(31)61-25-58-41-50(61)59-53(54)60-51(41)70)34-20-33-40(43(67)32-19-26(21-64)8-9-30(32)42(33)66)47(46(34)75-52(48)74-37)73-23-29(65)12-17-63/h2-3,6-10,17,19-20,28-29,35,37-38,41,44-45,48,50,52-53,55-59,62,64-65,68-69H,4-5,11-16,18,21-25,54H2,1H3,(H,60,70). The predicted molar refractivity (Wildman–Crippen MR) is 268 cm³/mol. The van der Waals surface area contributed by atoms with Gasteiger partial charge in [-0.05, 0) is 79.6 Å². The quantitative estimate of drug-likeness (QED) is 0.0586. The van der Waals surface area contributed by atoms with Gasteiger partial charge in [-0.1, -0.05) is 30.3 Å². The average Bonchev–Trinajstić information content (AvgIpc) is 3.85. The molecule has 3 aromatic carbocycles. The van der Waals surface area contributed by atoms with Crippen LogP contribution in [0.3, 0.4) is 0 Å². The molecule has 75 heavy (non-hydrogen) atoms. The Hall–Kier alpha value is -5.86. The number of hydrogen-bond donors (Lipinski definition) is 12. The highest BCUT2D eigenvalue weighted by Crippen LogP contribution is 2.52. The Morgan fingerprint density at radius 3 is 2.64 bits per heavy atom. The number of aliphatic hydroxyl groups is 5. The molecule has 0 radical (unpaired) electrons. The van der Waals surface area contributed by atoms with Gasteiger partial charge in [0.25, 0.3) is 0 Å². The van der Waals surface area contributed by atoms with Crippen molar-refractivity contribution < 1.29 is 68.4 Å². The van der Waals surface area contributed by atoms with Gasteiger partial charge in [-0.2, -0.15) is 0 Å². The number of ketones is 2. The summed E-state index contributed by atoms with van der Waals surface area (Å²) in [6.07, 6.45) is -6.06. The third-order valence-electron chi connectivity index (χ3n) is 15.3. The maximum atomic E-state index is 15.2. The first kappa shape index (κ1) is 52.6. The zero-order valence-corrected chi connectivity index (χ0v) is 41.5. The summed E-state index contributed by atoms with van der Waals surface area (Å²) in [7, 11) is 1.91. The van der Waals surface area contributed by atoms with E-state index in [1.165, 1.54) is 12.1 Å². The number of benzene rings is 3. The van der Waals surface area contributed by atoms with Crippen molar-refractivity contribution in [3.05, 3.63) is 111 Å². The van der Waals surface area contributed by atoms with Gasteiger partial charge in [0.1, 0.15) is 61.6 Å². The minimum atomic E-state index is -1.62. The molecule has 1 aliphatic carbocycles. The molecule has 0 spiro atoms. The summed E-state index contributed by atoms with van der Waals surface area (Å²) >= 11 is 0. The van der Waals surface area contributed by atoms with Crippen LogP contribution in [-0.2, 0) is 30.4 Å². The van der Waals surface area contributed by atoms with Crippen LogP contribution in [0, 0.1) is 5.92 Å². The zero-order valence-electron chi connectivity index (χ0n) is 41.5. The van der Waals surface area contributed by atoms with E-state index in [1.54, 1.807) is 12.1 Å². The van der Waals surface area contributed by atoms with E-state index in [0.29, 0.717) is 42.5 Å². The fourth-order valence-corrected chi connectivity index (χ4v) is 11.6. The molecule has 402 valence electrons. The van der Waals surface area contributed by atoms with Crippen LogP contribution < -0.4 is 52.0 Å². The number of fused-ring (bicyclic) bond motifs is 6. The van der Waals surface area contributed by atoms with Gasteiger partial charge in [-0.25, -0.2) is 0 Å². The molecule has 22 nitrogen and oxygen atoms in total. The van der Waals surface area contributed by atoms with Gasteiger partial charge in [0, 0.05) is 71.6 Å². The number of ether oxygens (including phenoxy) is 5. The Bertz CT molecular complexity index is 2720. The maximum absolute atomic E-state index is 15.2. The van der Waals surface area contributed by atoms with Gasteiger partial charge in [0.05, 0.1) is 44.8 Å². The van der Waals surface area contributed by atoms with Crippen molar-refractivity contribution in [2.45, 2.75) is 106 Å². The maximum Gasteiger partial charge on any atom is 0.242 e. The Morgan fingerprint density at radius 1 is 1.00 bits per heavy atom. The van der Waals surface area contributed by atoms with E-state index in [0.717, 1.165) is 29.9 Å². The van der Waals surface area contributed by atoms with Crippen molar-refractivity contribution in [1.29, 1.82) is 0 Å². The summed E-state index contributed by atoms with van der Waals surface area (Å²) in [5.41, 5.74) is 10.1. The lowest BCUT2D eigenvalue weighted by atomic mass is 9.74. The average molecular weight is 1040 g/mol. The second-order valence-electron chi connectivity index (χ2n) is 19.9. The lowest BCUT2D eigenvalue weighted by molar-refractivity contribution is -0.289. The van der Waals surface area contributed by atoms with Gasteiger partial charge in [-0.15, -0.1) is 0 Å².